The summed E-state index contributed by atoms with van der Waals surface area (Å²) in [6, 6.07) is 13.6. The van der Waals surface area contributed by atoms with E-state index >= 15 is 0 Å². The molecule has 0 atom stereocenters. The smallest absolute Gasteiger partial charge is 0.124 e. The van der Waals surface area contributed by atoms with Crippen LogP contribution in [0.5, 0.6) is 5.75 Å². The molecule has 0 aliphatic carbocycles. The van der Waals surface area contributed by atoms with Crippen LogP contribution in [0.1, 0.15) is 11.1 Å². The van der Waals surface area contributed by atoms with Gasteiger partial charge in [0, 0.05) is 28.1 Å². The van der Waals surface area contributed by atoms with E-state index in [4.69, 9.17) is 26.2 Å². The Morgan fingerprint density at radius 1 is 1.12 bits per heavy atom. The van der Waals surface area contributed by atoms with Gasteiger partial charge in [-0.1, -0.05) is 39.7 Å². The largest absolute Gasteiger partial charge is 0.489 e. The summed E-state index contributed by atoms with van der Waals surface area (Å²) < 4.78 is 12.2. The summed E-state index contributed by atoms with van der Waals surface area (Å²) in [5, 5.41) is 12.7. The van der Waals surface area contributed by atoms with Crippen molar-refractivity contribution in [1.82, 2.24) is 5.32 Å². The van der Waals surface area contributed by atoms with Gasteiger partial charge in [0.1, 0.15) is 12.4 Å². The molecule has 0 aromatic heterocycles. The van der Waals surface area contributed by atoms with Crippen molar-refractivity contribution in [1.29, 1.82) is 0 Å². The van der Waals surface area contributed by atoms with Crippen LogP contribution in [0.4, 0.5) is 0 Å². The van der Waals surface area contributed by atoms with Gasteiger partial charge in [-0.3, -0.25) is 0 Å². The Labute approximate surface area is 155 Å². The Hall–Kier alpha value is -1.11. The molecule has 130 valence electrons. The van der Waals surface area contributed by atoms with Gasteiger partial charge in [0.2, 0.25) is 0 Å². The molecular formula is C18H21BrClNO3. The summed E-state index contributed by atoms with van der Waals surface area (Å²) in [4.78, 5) is 0. The van der Waals surface area contributed by atoms with Gasteiger partial charge in [0.05, 0.1) is 19.8 Å². The molecule has 0 radical (unpaired) electrons. The number of rotatable bonds is 10. The van der Waals surface area contributed by atoms with Crippen molar-refractivity contribution < 1.29 is 14.6 Å². The molecule has 24 heavy (non-hydrogen) atoms. The van der Waals surface area contributed by atoms with E-state index in [0.29, 0.717) is 37.9 Å². The molecule has 0 heterocycles. The molecule has 0 amide bonds. The van der Waals surface area contributed by atoms with Crippen LogP contribution in [0.25, 0.3) is 0 Å². The van der Waals surface area contributed by atoms with Crippen LogP contribution >= 0.6 is 27.5 Å². The Bertz CT molecular complexity index is 639. The van der Waals surface area contributed by atoms with Crippen molar-refractivity contribution in [3.8, 4) is 5.75 Å². The molecule has 0 saturated heterocycles. The SMILES string of the molecule is OCCOCCNCc1cc(Br)ccc1OCc1cccc(Cl)c1. The van der Waals surface area contributed by atoms with E-state index in [9.17, 15) is 0 Å². The van der Waals surface area contributed by atoms with E-state index in [1.54, 1.807) is 0 Å². The Balaban J connectivity index is 1.89. The molecule has 2 N–H and O–H groups in total. The van der Waals surface area contributed by atoms with Crippen molar-refractivity contribution >= 4 is 27.5 Å². The second kappa shape index (κ2) is 10.7. The van der Waals surface area contributed by atoms with E-state index in [1.165, 1.54) is 0 Å². The molecule has 2 aromatic carbocycles. The minimum atomic E-state index is 0.0487. The normalized spacial score (nSPS) is 10.8. The van der Waals surface area contributed by atoms with Gasteiger partial charge in [0.15, 0.2) is 0 Å². The topological polar surface area (TPSA) is 50.7 Å². The van der Waals surface area contributed by atoms with Gasteiger partial charge in [-0.25, -0.2) is 0 Å². The lowest BCUT2D eigenvalue weighted by Gasteiger charge is -2.13. The lowest BCUT2D eigenvalue weighted by molar-refractivity contribution is 0.0937. The summed E-state index contributed by atoms with van der Waals surface area (Å²) in [5.41, 5.74) is 2.09. The number of hydrogen-bond acceptors (Lipinski definition) is 4. The minimum Gasteiger partial charge on any atom is -0.489 e. The lowest BCUT2D eigenvalue weighted by Crippen LogP contribution is -2.20. The van der Waals surface area contributed by atoms with Crippen molar-refractivity contribution in [3.63, 3.8) is 0 Å². The van der Waals surface area contributed by atoms with Crippen LogP contribution in [-0.2, 0) is 17.9 Å². The zero-order valence-electron chi connectivity index (χ0n) is 13.3. The first kappa shape index (κ1) is 19.2. The number of halogens is 2. The van der Waals surface area contributed by atoms with Crippen molar-refractivity contribution in [2.75, 3.05) is 26.4 Å². The van der Waals surface area contributed by atoms with Crippen LogP contribution in [0.3, 0.4) is 0 Å². The van der Waals surface area contributed by atoms with Crippen LogP contribution in [0.2, 0.25) is 5.02 Å². The van der Waals surface area contributed by atoms with Crippen molar-refractivity contribution in [2.45, 2.75) is 13.2 Å². The number of aliphatic hydroxyl groups excluding tert-OH is 1. The van der Waals surface area contributed by atoms with E-state index in [-0.39, 0.29) is 6.61 Å². The van der Waals surface area contributed by atoms with Gasteiger partial charge in [-0.05, 0) is 35.9 Å². The third-order valence-corrected chi connectivity index (χ3v) is 4.01. The van der Waals surface area contributed by atoms with Crippen molar-refractivity contribution in [2.24, 2.45) is 0 Å². The molecule has 0 saturated carbocycles. The summed E-state index contributed by atoms with van der Waals surface area (Å²) >= 11 is 9.49. The van der Waals surface area contributed by atoms with Gasteiger partial charge >= 0.3 is 0 Å². The molecule has 0 spiro atoms. The lowest BCUT2D eigenvalue weighted by atomic mass is 10.2. The quantitative estimate of drug-likeness (QED) is 0.581. The fourth-order valence-electron chi connectivity index (χ4n) is 2.15. The third-order valence-electron chi connectivity index (χ3n) is 3.28. The Morgan fingerprint density at radius 3 is 2.79 bits per heavy atom. The molecule has 0 bridgehead atoms. The molecule has 6 heteroatoms. The van der Waals surface area contributed by atoms with E-state index in [1.807, 2.05) is 42.5 Å². The zero-order chi connectivity index (χ0) is 17.2. The zero-order valence-corrected chi connectivity index (χ0v) is 15.6. The number of ether oxygens (including phenoxy) is 2. The summed E-state index contributed by atoms with van der Waals surface area (Å²) in [6.07, 6.45) is 0. The predicted octanol–water partition coefficient (Wildman–Crippen LogP) is 3.78. The highest BCUT2D eigenvalue weighted by Crippen LogP contribution is 2.24. The first-order chi connectivity index (χ1) is 11.7. The highest BCUT2D eigenvalue weighted by Gasteiger charge is 2.05. The van der Waals surface area contributed by atoms with Gasteiger partial charge in [0.25, 0.3) is 0 Å². The van der Waals surface area contributed by atoms with E-state index < -0.39 is 0 Å². The summed E-state index contributed by atoms with van der Waals surface area (Å²) in [6.45, 7) is 2.83. The molecule has 0 unspecified atom stereocenters. The first-order valence-electron chi connectivity index (χ1n) is 7.74. The monoisotopic (exact) mass is 413 g/mol. The van der Waals surface area contributed by atoms with E-state index in [2.05, 4.69) is 21.2 Å². The van der Waals surface area contributed by atoms with Gasteiger partial charge < -0.3 is 19.9 Å². The minimum absolute atomic E-state index is 0.0487. The van der Waals surface area contributed by atoms with E-state index in [0.717, 1.165) is 21.3 Å². The summed E-state index contributed by atoms with van der Waals surface area (Å²) in [7, 11) is 0. The second-order valence-corrected chi connectivity index (χ2v) is 6.54. The van der Waals surface area contributed by atoms with Crippen LogP contribution in [0.15, 0.2) is 46.9 Å². The molecule has 4 nitrogen and oxygen atoms in total. The summed E-state index contributed by atoms with van der Waals surface area (Å²) in [5.74, 6) is 0.835. The fourth-order valence-corrected chi connectivity index (χ4v) is 2.77. The van der Waals surface area contributed by atoms with Gasteiger partial charge in [-0.2, -0.15) is 0 Å². The molecule has 2 aromatic rings. The fraction of sp³-hybridized carbons (Fsp3) is 0.333. The maximum Gasteiger partial charge on any atom is 0.124 e. The molecule has 2 rings (SSSR count). The Morgan fingerprint density at radius 2 is 2.00 bits per heavy atom. The van der Waals surface area contributed by atoms with Crippen molar-refractivity contribution in [3.05, 3.63) is 63.1 Å². The molecule has 0 aliphatic rings. The highest BCUT2D eigenvalue weighted by atomic mass is 79.9. The first-order valence-corrected chi connectivity index (χ1v) is 8.91. The number of aliphatic hydroxyl groups is 1. The maximum atomic E-state index is 8.66. The molecule has 0 aliphatic heterocycles. The maximum absolute atomic E-state index is 8.66. The number of benzene rings is 2. The van der Waals surface area contributed by atoms with Gasteiger partial charge in [-0.15, -0.1) is 0 Å². The average Bonchev–Trinajstić information content (AvgIpc) is 2.57. The standard InChI is InChI=1S/C18H21BrClNO3/c19-16-4-5-18(24-13-14-2-1-3-17(20)10-14)15(11-16)12-21-6-8-23-9-7-22/h1-5,10-11,21-22H,6-9,12-13H2. The second-order valence-electron chi connectivity index (χ2n) is 5.18. The number of hydrogen-bond donors (Lipinski definition) is 2. The van der Waals surface area contributed by atoms with Crippen LogP contribution in [-0.4, -0.2) is 31.5 Å². The number of nitrogens with one attached hydrogen (secondary N) is 1. The Kier molecular flexibility index (Phi) is 8.56. The predicted molar refractivity (Wildman–Crippen MR) is 99.5 cm³/mol. The van der Waals surface area contributed by atoms with Crippen LogP contribution in [0, 0.1) is 0 Å². The average molecular weight is 415 g/mol. The van der Waals surface area contributed by atoms with Crippen LogP contribution < -0.4 is 10.1 Å². The highest BCUT2D eigenvalue weighted by molar-refractivity contribution is 9.10. The third kappa shape index (κ3) is 6.79. The molecular weight excluding hydrogens is 394 g/mol. The molecule has 0 fully saturated rings.